The molecule has 5 nitrogen and oxygen atoms in total. The molecule has 1 heterocycles. The van der Waals surface area contributed by atoms with Crippen molar-refractivity contribution < 1.29 is 9.94 Å². The van der Waals surface area contributed by atoms with E-state index in [1.165, 1.54) is 0 Å². The van der Waals surface area contributed by atoms with E-state index < -0.39 is 0 Å². The second kappa shape index (κ2) is 6.81. The highest BCUT2D eigenvalue weighted by molar-refractivity contribution is 5.85. The Morgan fingerprint density at radius 3 is 2.71 bits per heavy atom. The lowest BCUT2D eigenvalue weighted by Crippen LogP contribution is -2.36. The van der Waals surface area contributed by atoms with Crippen LogP contribution < -0.4 is 11.1 Å². The van der Waals surface area contributed by atoms with E-state index in [4.69, 9.17) is 15.7 Å². The maximum Gasteiger partial charge on any atom is 0.144 e. The highest BCUT2D eigenvalue weighted by atomic mass is 16.5. The lowest BCUT2D eigenvalue weighted by atomic mass is 9.88. The zero-order valence-electron chi connectivity index (χ0n) is 10.9. The monoisotopic (exact) mass is 243 g/mol. The molecule has 1 aliphatic heterocycles. The fourth-order valence-corrected chi connectivity index (χ4v) is 1.92. The molecule has 0 aromatic heterocycles. The van der Waals surface area contributed by atoms with Crippen molar-refractivity contribution in [2.24, 2.45) is 22.2 Å². The molecule has 5 heteroatoms. The van der Waals surface area contributed by atoms with Crippen LogP contribution in [-0.2, 0) is 4.74 Å². The van der Waals surface area contributed by atoms with Crippen LogP contribution in [0.5, 0.6) is 0 Å². The summed E-state index contributed by atoms with van der Waals surface area (Å²) in [6.07, 6.45) is 3.17. The highest BCUT2D eigenvalue weighted by Gasteiger charge is 2.23. The second-order valence-corrected chi connectivity index (χ2v) is 5.38. The van der Waals surface area contributed by atoms with Crippen molar-refractivity contribution in [2.75, 3.05) is 26.3 Å². The molecule has 0 aromatic rings. The molecule has 1 rings (SSSR count). The number of oxime groups is 1. The number of nitrogens with two attached hydrogens (primary N) is 1. The molecule has 100 valence electrons. The number of nitrogens with one attached hydrogen (secondary N) is 1. The molecule has 0 spiro atoms. The van der Waals surface area contributed by atoms with Crippen molar-refractivity contribution in [1.82, 2.24) is 5.32 Å². The Labute approximate surface area is 103 Å². The second-order valence-electron chi connectivity index (χ2n) is 5.38. The fourth-order valence-electron chi connectivity index (χ4n) is 1.92. The lowest BCUT2D eigenvalue weighted by Gasteiger charge is -2.25. The summed E-state index contributed by atoms with van der Waals surface area (Å²) >= 11 is 0. The maximum absolute atomic E-state index is 8.66. The van der Waals surface area contributed by atoms with Crippen LogP contribution in [0.1, 0.15) is 33.1 Å². The average Bonchev–Trinajstić information content (AvgIpc) is 2.35. The summed E-state index contributed by atoms with van der Waals surface area (Å²) < 4.78 is 5.32. The number of nitrogens with zero attached hydrogens (tertiary/aromatic N) is 1. The van der Waals surface area contributed by atoms with Gasteiger partial charge in [0.1, 0.15) is 5.84 Å². The SMILES string of the molecule is CC(C)(CCNCC1CCOCC1)C(N)=NO. The van der Waals surface area contributed by atoms with Crippen molar-refractivity contribution in [3.63, 3.8) is 0 Å². The van der Waals surface area contributed by atoms with Crippen LogP contribution in [0.2, 0.25) is 0 Å². The lowest BCUT2D eigenvalue weighted by molar-refractivity contribution is 0.0662. The zero-order chi connectivity index (χ0) is 12.7. The molecule has 1 saturated heterocycles. The van der Waals surface area contributed by atoms with Crippen molar-refractivity contribution in [1.29, 1.82) is 0 Å². The number of amidine groups is 1. The molecule has 0 saturated carbocycles. The molecule has 0 atom stereocenters. The normalized spacial score (nSPS) is 19.5. The van der Waals surface area contributed by atoms with Gasteiger partial charge in [0.15, 0.2) is 0 Å². The molecule has 0 bridgehead atoms. The van der Waals surface area contributed by atoms with Gasteiger partial charge in [-0.1, -0.05) is 19.0 Å². The van der Waals surface area contributed by atoms with Gasteiger partial charge >= 0.3 is 0 Å². The summed E-state index contributed by atoms with van der Waals surface area (Å²) in [6, 6.07) is 0. The largest absolute Gasteiger partial charge is 0.409 e. The highest BCUT2D eigenvalue weighted by Crippen LogP contribution is 2.19. The summed E-state index contributed by atoms with van der Waals surface area (Å²) in [6.45, 7) is 7.68. The summed E-state index contributed by atoms with van der Waals surface area (Å²) in [5.41, 5.74) is 5.38. The Balaban J connectivity index is 2.14. The minimum Gasteiger partial charge on any atom is -0.409 e. The Morgan fingerprint density at radius 2 is 2.12 bits per heavy atom. The third-order valence-corrected chi connectivity index (χ3v) is 3.50. The third-order valence-electron chi connectivity index (χ3n) is 3.50. The van der Waals surface area contributed by atoms with Crippen LogP contribution in [0.3, 0.4) is 0 Å². The van der Waals surface area contributed by atoms with E-state index in [1.807, 2.05) is 13.8 Å². The smallest absolute Gasteiger partial charge is 0.144 e. The zero-order valence-corrected chi connectivity index (χ0v) is 10.9. The van der Waals surface area contributed by atoms with E-state index in [0.29, 0.717) is 5.84 Å². The van der Waals surface area contributed by atoms with Gasteiger partial charge < -0.3 is 21.0 Å². The molecule has 1 fully saturated rings. The van der Waals surface area contributed by atoms with Crippen LogP contribution in [0.25, 0.3) is 0 Å². The van der Waals surface area contributed by atoms with E-state index in [9.17, 15) is 0 Å². The first kappa shape index (κ1) is 14.3. The van der Waals surface area contributed by atoms with Gasteiger partial charge in [0.25, 0.3) is 0 Å². The Hall–Kier alpha value is -0.810. The molecule has 4 N–H and O–H groups in total. The fraction of sp³-hybridized carbons (Fsp3) is 0.917. The van der Waals surface area contributed by atoms with E-state index in [-0.39, 0.29) is 5.41 Å². The first-order valence-corrected chi connectivity index (χ1v) is 6.33. The molecule has 1 aliphatic rings. The number of rotatable bonds is 6. The maximum atomic E-state index is 8.66. The Morgan fingerprint density at radius 1 is 1.47 bits per heavy atom. The van der Waals surface area contributed by atoms with Crippen LogP contribution in [0.15, 0.2) is 5.16 Å². The van der Waals surface area contributed by atoms with E-state index in [2.05, 4.69) is 10.5 Å². The minimum atomic E-state index is -0.253. The van der Waals surface area contributed by atoms with E-state index in [0.717, 1.165) is 51.5 Å². The molecule has 0 unspecified atom stereocenters. The summed E-state index contributed by atoms with van der Waals surface area (Å²) in [5, 5.41) is 15.2. The molecule has 17 heavy (non-hydrogen) atoms. The van der Waals surface area contributed by atoms with E-state index >= 15 is 0 Å². The van der Waals surface area contributed by atoms with Gasteiger partial charge in [0, 0.05) is 18.6 Å². The predicted molar refractivity (Wildman–Crippen MR) is 68.2 cm³/mol. The van der Waals surface area contributed by atoms with Crippen LogP contribution in [0, 0.1) is 11.3 Å². The summed E-state index contributed by atoms with van der Waals surface area (Å²) in [7, 11) is 0. The van der Waals surface area contributed by atoms with Gasteiger partial charge in [-0.15, -0.1) is 0 Å². The van der Waals surface area contributed by atoms with Gasteiger partial charge in [-0.3, -0.25) is 0 Å². The molecule has 0 amide bonds. The molecular weight excluding hydrogens is 218 g/mol. The molecule has 0 aliphatic carbocycles. The molecular formula is C12H25N3O2. The topological polar surface area (TPSA) is 79.9 Å². The predicted octanol–water partition coefficient (Wildman–Crippen LogP) is 1.17. The van der Waals surface area contributed by atoms with Gasteiger partial charge in [-0.2, -0.15) is 0 Å². The number of hydrogen-bond donors (Lipinski definition) is 3. The molecule has 0 aromatic carbocycles. The number of ether oxygens (including phenoxy) is 1. The minimum absolute atomic E-state index is 0.253. The van der Waals surface area contributed by atoms with E-state index in [1.54, 1.807) is 0 Å². The third kappa shape index (κ3) is 4.91. The quantitative estimate of drug-likeness (QED) is 0.215. The first-order chi connectivity index (χ1) is 8.06. The van der Waals surface area contributed by atoms with Crippen molar-refractivity contribution >= 4 is 5.84 Å². The van der Waals surface area contributed by atoms with Crippen molar-refractivity contribution in [3.8, 4) is 0 Å². The van der Waals surface area contributed by atoms with Gasteiger partial charge in [-0.25, -0.2) is 0 Å². The van der Waals surface area contributed by atoms with Crippen LogP contribution in [-0.4, -0.2) is 37.3 Å². The van der Waals surface area contributed by atoms with Crippen LogP contribution >= 0.6 is 0 Å². The average molecular weight is 243 g/mol. The first-order valence-electron chi connectivity index (χ1n) is 6.33. The summed E-state index contributed by atoms with van der Waals surface area (Å²) in [5.74, 6) is 1.03. The van der Waals surface area contributed by atoms with Crippen molar-refractivity contribution in [2.45, 2.75) is 33.1 Å². The van der Waals surface area contributed by atoms with Crippen LogP contribution in [0.4, 0.5) is 0 Å². The van der Waals surface area contributed by atoms with Gasteiger partial charge in [0.05, 0.1) is 0 Å². The standard InChI is InChI=1S/C12H25N3O2/c1-12(2,11(13)15-16)5-6-14-9-10-3-7-17-8-4-10/h10,14,16H,3-9H2,1-2H3,(H2,13,15). The Kier molecular flexibility index (Phi) is 5.71. The summed E-state index contributed by atoms with van der Waals surface area (Å²) in [4.78, 5) is 0. The van der Waals surface area contributed by atoms with Gasteiger partial charge in [-0.05, 0) is 38.3 Å². The number of hydrogen-bond acceptors (Lipinski definition) is 4. The molecule has 0 radical (unpaired) electrons. The Bertz CT molecular complexity index is 248. The van der Waals surface area contributed by atoms with Gasteiger partial charge in [0.2, 0.25) is 0 Å². The van der Waals surface area contributed by atoms with Crippen molar-refractivity contribution in [3.05, 3.63) is 0 Å².